The Morgan fingerprint density at radius 3 is 2.52 bits per heavy atom. The molecular formula is C25H17F3N8O4. The smallest absolute Gasteiger partial charge is 0.416 e. The normalized spacial score (nSPS) is 11.3. The van der Waals surface area contributed by atoms with Gasteiger partial charge in [-0.05, 0) is 29.5 Å². The third-order valence-corrected chi connectivity index (χ3v) is 5.39. The number of anilines is 1. The zero-order valence-corrected chi connectivity index (χ0v) is 20.2. The summed E-state index contributed by atoms with van der Waals surface area (Å²) in [7, 11) is 0. The molecule has 40 heavy (non-hydrogen) atoms. The number of amides is 1. The molecule has 0 saturated carbocycles. The minimum absolute atomic E-state index is 0.0183. The fraction of sp³-hybridized carbons (Fsp3) is 0.0800. The first kappa shape index (κ1) is 26.0. The number of carbonyl (C=O) groups excluding carboxylic acids is 1. The molecule has 2 aromatic heterocycles. The number of tetrazole rings is 1. The summed E-state index contributed by atoms with van der Waals surface area (Å²) in [6, 6.07) is 18.0. The van der Waals surface area contributed by atoms with Gasteiger partial charge in [0.15, 0.2) is 12.4 Å². The minimum atomic E-state index is -4.60. The Kier molecular flexibility index (Phi) is 6.92. The van der Waals surface area contributed by atoms with Crippen LogP contribution in [-0.2, 0) is 12.8 Å². The second-order valence-electron chi connectivity index (χ2n) is 8.29. The summed E-state index contributed by atoms with van der Waals surface area (Å²) in [5, 5.41) is 30.3. The number of hydrogen-bond donors (Lipinski definition) is 1. The molecule has 15 heteroatoms. The summed E-state index contributed by atoms with van der Waals surface area (Å²) in [6.45, 7) is 0.0545. The first-order valence-electron chi connectivity index (χ1n) is 11.5. The molecule has 0 spiro atoms. The van der Waals surface area contributed by atoms with Gasteiger partial charge in [0.2, 0.25) is 5.82 Å². The molecule has 0 atom stereocenters. The van der Waals surface area contributed by atoms with Gasteiger partial charge >= 0.3 is 6.18 Å². The lowest BCUT2D eigenvalue weighted by atomic mass is 10.2. The Balaban J connectivity index is 1.30. The highest BCUT2D eigenvalue weighted by Gasteiger charge is 2.30. The highest BCUT2D eigenvalue weighted by atomic mass is 19.4. The largest absolute Gasteiger partial charge is 0.457 e. The summed E-state index contributed by atoms with van der Waals surface area (Å²) in [6.07, 6.45) is -3.09. The Hall–Kier alpha value is -5.60. The van der Waals surface area contributed by atoms with E-state index in [-0.39, 0.29) is 29.5 Å². The number of nitro benzene ring substituents is 1. The summed E-state index contributed by atoms with van der Waals surface area (Å²) in [5.41, 5.74) is -0.659. The van der Waals surface area contributed by atoms with E-state index in [4.69, 9.17) is 4.74 Å². The maximum atomic E-state index is 13.0. The van der Waals surface area contributed by atoms with Gasteiger partial charge < -0.3 is 10.1 Å². The number of halogens is 3. The summed E-state index contributed by atoms with van der Waals surface area (Å²) in [5.74, 6) is -0.621. The molecule has 1 amide bonds. The van der Waals surface area contributed by atoms with Gasteiger partial charge in [-0.15, -0.1) is 15.0 Å². The van der Waals surface area contributed by atoms with Gasteiger partial charge in [0.25, 0.3) is 11.6 Å². The van der Waals surface area contributed by atoms with Gasteiger partial charge in [-0.2, -0.15) is 18.3 Å². The molecule has 5 rings (SSSR count). The molecule has 3 aromatic carbocycles. The van der Waals surface area contributed by atoms with Gasteiger partial charge in [0.05, 0.1) is 22.2 Å². The fourth-order valence-corrected chi connectivity index (χ4v) is 3.58. The van der Waals surface area contributed by atoms with E-state index in [0.717, 1.165) is 35.9 Å². The van der Waals surface area contributed by atoms with Crippen molar-refractivity contribution in [2.45, 2.75) is 12.8 Å². The number of rotatable bonds is 8. The van der Waals surface area contributed by atoms with E-state index in [2.05, 4.69) is 25.8 Å². The van der Waals surface area contributed by atoms with Crippen LogP contribution in [0.15, 0.2) is 85.1 Å². The van der Waals surface area contributed by atoms with Crippen molar-refractivity contribution in [3.05, 3.63) is 106 Å². The lowest BCUT2D eigenvalue weighted by molar-refractivity contribution is -0.384. The van der Waals surface area contributed by atoms with E-state index in [9.17, 15) is 28.1 Å². The number of carbonyl (C=O) groups is 1. The van der Waals surface area contributed by atoms with Crippen LogP contribution in [0.3, 0.4) is 0 Å². The van der Waals surface area contributed by atoms with Crippen molar-refractivity contribution in [2.75, 3.05) is 5.32 Å². The van der Waals surface area contributed by atoms with Crippen molar-refractivity contribution in [1.29, 1.82) is 0 Å². The molecule has 12 nitrogen and oxygen atoms in total. The average molecular weight is 550 g/mol. The summed E-state index contributed by atoms with van der Waals surface area (Å²) in [4.78, 5) is 24.8. The van der Waals surface area contributed by atoms with E-state index in [1.54, 1.807) is 0 Å². The third kappa shape index (κ3) is 6.09. The highest BCUT2D eigenvalue weighted by molar-refractivity contribution is 6.03. The van der Waals surface area contributed by atoms with Crippen LogP contribution in [0.5, 0.6) is 11.5 Å². The Bertz CT molecular complexity index is 1680. The van der Waals surface area contributed by atoms with Crippen molar-refractivity contribution in [3.63, 3.8) is 0 Å². The van der Waals surface area contributed by atoms with Gasteiger partial charge in [-0.25, -0.2) is 4.68 Å². The maximum absolute atomic E-state index is 13.0. The quantitative estimate of drug-likeness (QED) is 0.210. The lowest BCUT2D eigenvalue weighted by Gasteiger charge is -2.11. The van der Waals surface area contributed by atoms with Crippen LogP contribution in [0, 0.1) is 10.1 Å². The number of aromatic nitrogens is 6. The van der Waals surface area contributed by atoms with E-state index >= 15 is 0 Å². The zero-order valence-electron chi connectivity index (χ0n) is 20.2. The number of nitrogens with one attached hydrogen (secondary N) is 1. The van der Waals surface area contributed by atoms with Crippen LogP contribution in [0.4, 0.5) is 24.5 Å². The van der Waals surface area contributed by atoms with Crippen LogP contribution in [0.1, 0.15) is 16.1 Å². The molecule has 5 aromatic rings. The van der Waals surface area contributed by atoms with Crippen LogP contribution in [0.2, 0.25) is 0 Å². The van der Waals surface area contributed by atoms with E-state index in [0.29, 0.717) is 5.82 Å². The zero-order chi connectivity index (χ0) is 28.3. The Morgan fingerprint density at radius 1 is 0.975 bits per heavy atom. The molecule has 0 aliphatic carbocycles. The molecule has 0 radical (unpaired) electrons. The van der Waals surface area contributed by atoms with Gasteiger partial charge in [0.1, 0.15) is 11.5 Å². The van der Waals surface area contributed by atoms with Crippen LogP contribution in [-0.4, -0.2) is 40.8 Å². The molecule has 0 bridgehead atoms. The maximum Gasteiger partial charge on any atom is 0.416 e. The van der Waals surface area contributed by atoms with Crippen LogP contribution in [0.25, 0.3) is 11.4 Å². The topological polar surface area (TPSA) is 143 Å². The Labute approximate surface area is 222 Å². The monoisotopic (exact) mass is 550 g/mol. The van der Waals surface area contributed by atoms with Gasteiger partial charge in [-0.1, -0.05) is 36.4 Å². The molecule has 1 N–H and O–H groups in total. The Morgan fingerprint density at radius 2 is 1.77 bits per heavy atom. The van der Waals surface area contributed by atoms with Crippen LogP contribution >= 0.6 is 0 Å². The molecule has 0 aliphatic rings. The summed E-state index contributed by atoms with van der Waals surface area (Å²) >= 11 is 0. The number of benzene rings is 3. The number of non-ortho nitro benzene ring substituents is 1. The molecule has 0 saturated heterocycles. The first-order chi connectivity index (χ1) is 19.1. The number of nitrogens with zero attached hydrogens (tertiary/aromatic N) is 7. The number of ether oxygens (including phenoxy) is 1. The van der Waals surface area contributed by atoms with Gasteiger partial charge in [0, 0.05) is 23.9 Å². The standard InChI is InChI=1S/C25H17F3N8O4/c26-25(27,28)17-7-4-8-20(11-17)40-21-13-18(12-19(14-21)36(38)39)29-24(37)22-9-10-34(31-22)15-35-32-23(30-33-35)16-5-2-1-3-6-16/h1-14H,15H2,(H,29,37). The van der Waals surface area contributed by atoms with Crippen LogP contribution < -0.4 is 10.1 Å². The van der Waals surface area contributed by atoms with Crippen molar-refractivity contribution >= 4 is 17.3 Å². The highest BCUT2D eigenvalue weighted by Crippen LogP contribution is 2.34. The predicted octanol–water partition coefficient (Wildman–Crippen LogP) is 5.01. The fourth-order valence-electron chi connectivity index (χ4n) is 3.58. The predicted molar refractivity (Wildman–Crippen MR) is 133 cm³/mol. The molecule has 0 fully saturated rings. The second kappa shape index (κ2) is 10.6. The van der Waals surface area contributed by atoms with E-state index in [1.165, 1.54) is 33.9 Å². The van der Waals surface area contributed by atoms with Crippen molar-refractivity contribution in [3.8, 4) is 22.9 Å². The number of nitro groups is 1. The van der Waals surface area contributed by atoms with Gasteiger partial charge in [-0.3, -0.25) is 14.9 Å². The average Bonchev–Trinajstić information content (AvgIpc) is 3.59. The van der Waals surface area contributed by atoms with Crippen molar-refractivity contribution in [1.82, 2.24) is 30.0 Å². The number of alkyl halides is 3. The van der Waals surface area contributed by atoms with E-state index < -0.39 is 28.3 Å². The number of hydrogen-bond acceptors (Lipinski definition) is 8. The molecule has 2 heterocycles. The molecule has 0 unspecified atom stereocenters. The van der Waals surface area contributed by atoms with Crippen molar-refractivity contribution in [2.24, 2.45) is 0 Å². The molecular weight excluding hydrogens is 533 g/mol. The lowest BCUT2D eigenvalue weighted by Crippen LogP contribution is -2.16. The minimum Gasteiger partial charge on any atom is -0.457 e. The third-order valence-electron chi connectivity index (χ3n) is 5.39. The first-order valence-corrected chi connectivity index (χ1v) is 11.5. The SMILES string of the molecule is O=C(Nc1cc(Oc2cccc(C(F)(F)F)c2)cc([N+](=O)[O-])c1)c1ccn(Cn2nnc(-c3ccccc3)n2)n1. The molecule has 0 aliphatic heterocycles. The summed E-state index contributed by atoms with van der Waals surface area (Å²) < 4.78 is 45.9. The van der Waals surface area contributed by atoms with Crippen molar-refractivity contribution < 1.29 is 27.6 Å². The second-order valence-corrected chi connectivity index (χ2v) is 8.29. The molecule has 202 valence electrons. The van der Waals surface area contributed by atoms with E-state index in [1.807, 2.05) is 30.3 Å².